The number of hydrogen-bond donors (Lipinski definition) is 1. The van der Waals surface area contributed by atoms with Crippen LogP contribution in [0.5, 0.6) is 5.75 Å². The normalized spacial score (nSPS) is 25.5. The first kappa shape index (κ1) is 27.3. The summed E-state index contributed by atoms with van der Waals surface area (Å²) in [6, 6.07) is 6.44. The lowest BCUT2D eigenvalue weighted by atomic mass is 9.71. The van der Waals surface area contributed by atoms with Crippen LogP contribution in [-0.2, 0) is 6.54 Å². The monoisotopic (exact) mass is 540 g/mol. The molecule has 3 aromatic rings. The van der Waals surface area contributed by atoms with Crippen LogP contribution in [-0.4, -0.2) is 40.8 Å². The summed E-state index contributed by atoms with van der Waals surface area (Å²) in [6.45, 7) is 4.27. The molecule has 2 aromatic carbocycles. The van der Waals surface area contributed by atoms with Gasteiger partial charge < -0.3 is 26.7 Å². The summed E-state index contributed by atoms with van der Waals surface area (Å²) in [4.78, 5) is 4.35. The molecule has 2 bridgehead atoms. The molecule has 6 rings (SSSR count). The van der Waals surface area contributed by atoms with Crippen molar-refractivity contribution in [1.29, 1.82) is 0 Å². The molecule has 1 unspecified atom stereocenters. The van der Waals surface area contributed by atoms with E-state index in [-0.39, 0.29) is 28.7 Å². The molecular formula is C27H26ClF5N2O2. The second-order valence-electron chi connectivity index (χ2n) is 9.81. The molecule has 0 spiro atoms. The third-order valence-corrected chi connectivity index (χ3v) is 8.11. The quantitative estimate of drug-likeness (QED) is 0.172. The first-order valence-corrected chi connectivity index (χ1v) is 11.8. The highest BCUT2D eigenvalue weighted by Gasteiger charge is 2.54. The fraction of sp³-hybridized carbons (Fsp3) is 0.370. The van der Waals surface area contributed by atoms with Gasteiger partial charge in [0.25, 0.3) is 0 Å². The van der Waals surface area contributed by atoms with Gasteiger partial charge in [0.15, 0.2) is 23.3 Å². The summed E-state index contributed by atoms with van der Waals surface area (Å²) in [5.41, 5.74) is 0.355. The smallest absolute Gasteiger partial charge is 0.200 e. The van der Waals surface area contributed by atoms with Gasteiger partial charge in [0.2, 0.25) is 5.82 Å². The van der Waals surface area contributed by atoms with Crippen LogP contribution in [0.3, 0.4) is 0 Å². The Hall–Kier alpha value is -2.75. The van der Waals surface area contributed by atoms with Crippen molar-refractivity contribution in [2.45, 2.75) is 31.5 Å². The van der Waals surface area contributed by atoms with Crippen molar-refractivity contribution in [3.05, 3.63) is 83.3 Å². The van der Waals surface area contributed by atoms with Crippen molar-refractivity contribution in [2.24, 2.45) is 11.8 Å². The second-order valence-corrected chi connectivity index (χ2v) is 9.81. The summed E-state index contributed by atoms with van der Waals surface area (Å²) >= 11 is 0. The molecular weight excluding hydrogens is 515 g/mol. The van der Waals surface area contributed by atoms with Crippen molar-refractivity contribution in [3.8, 4) is 5.75 Å². The van der Waals surface area contributed by atoms with Gasteiger partial charge in [-0.3, -0.25) is 4.98 Å². The van der Waals surface area contributed by atoms with Crippen molar-refractivity contribution >= 4 is 10.9 Å². The van der Waals surface area contributed by atoms with E-state index in [1.54, 1.807) is 36.5 Å². The number of pyridine rings is 1. The maximum absolute atomic E-state index is 14.8. The van der Waals surface area contributed by atoms with E-state index in [0.29, 0.717) is 48.1 Å². The molecule has 4 nitrogen and oxygen atoms in total. The van der Waals surface area contributed by atoms with E-state index in [2.05, 4.69) is 11.6 Å². The van der Waals surface area contributed by atoms with Gasteiger partial charge in [-0.05, 0) is 35.7 Å². The lowest BCUT2D eigenvalue weighted by Crippen LogP contribution is -3.00. The molecule has 0 amide bonds. The predicted octanol–water partition coefficient (Wildman–Crippen LogP) is 2.59. The first-order valence-electron chi connectivity index (χ1n) is 11.8. The fourth-order valence-electron chi connectivity index (χ4n) is 6.22. The second kappa shape index (κ2) is 10.2. The summed E-state index contributed by atoms with van der Waals surface area (Å²) in [5, 5.41) is 12.4. The van der Waals surface area contributed by atoms with Gasteiger partial charge in [0.1, 0.15) is 24.4 Å². The molecule has 0 radical (unpaired) electrons. The largest absolute Gasteiger partial charge is 1.00 e. The zero-order valence-corrected chi connectivity index (χ0v) is 20.8. The molecule has 4 heterocycles. The van der Waals surface area contributed by atoms with Crippen LogP contribution in [0.4, 0.5) is 22.0 Å². The van der Waals surface area contributed by atoms with Gasteiger partial charge in [0.05, 0.1) is 31.3 Å². The molecule has 198 valence electrons. The Morgan fingerprint density at radius 3 is 2.43 bits per heavy atom. The van der Waals surface area contributed by atoms with E-state index >= 15 is 0 Å². The third kappa shape index (κ3) is 4.36. The molecule has 3 fully saturated rings. The molecule has 3 aliphatic rings. The highest BCUT2D eigenvalue weighted by molar-refractivity contribution is 5.83. The number of halogens is 6. The Morgan fingerprint density at radius 1 is 1.11 bits per heavy atom. The van der Waals surface area contributed by atoms with Crippen LogP contribution < -0.4 is 17.1 Å². The van der Waals surface area contributed by atoms with Gasteiger partial charge in [-0.2, -0.15) is 0 Å². The van der Waals surface area contributed by atoms with Crippen molar-refractivity contribution in [3.63, 3.8) is 0 Å². The van der Waals surface area contributed by atoms with Crippen LogP contribution >= 0.6 is 0 Å². The van der Waals surface area contributed by atoms with Crippen LogP contribution in [0.2, 0.25) is 0 Å². The molecule has 37 heavy (non-hydrogen) atoms. The molecule has 5 atom stereocenters. The third-order valence-electron chi connectivity index (χ3n) is 8.11. The number of benzene rings is 2. The summed E-state index contributed by atoms with van der Waals surface area (Å²) in [5.74, 6) is -8.98. The van der Waals surface area contributed by atoms with Crippen molar-refractivity contribution < 1.29 is 48.7 Å². The lowest BCUT2D eigenvalue weighted by molar-refractivity contribution is -0.985. The molecule has 3 aliphatic heterocycles. The van der Waals surface area contributed by atoms with Crippen LogP contribution in [0, 0.1) is 40.9 Å². The van der Waals surface area contributed by atoms with Crippen LogP contribution in [0.25, 0.3) is 10.9 Å². The Kier molecular flexibility index (Phi) is 7.52. The molecule has 0 saturated carbocycles. The predicted molar refractivity (Wildman–Crippen MR) is 123 cm³/mol. The number of hydrogen-bond acceptors (Lipinski definition) is 3. The Labute approximate surface area is 217 Å². The standard InChI is InChI=1S/C27H26F5N2O2.ClH/c1-3-14-12-34(13-19-22(28)24(30)26(32)25(31)23(19)29)9-7-15(14)10-21(34)27(35)17-6-8-33-20-5-4-16(36-2)11-18(17)20;/h3-6,8,11,14-15,21,27,35H,1,7,9-10,12-13H2,2H3;1H/q+1;/p-1/t14-,15-,21-,27+,34?;/m0./s1. The maximum Gasteiger partial charge on any atom is 0.200 e. The highest BCUT2D eigenvalue weighted by atomic mass is 35.5. The average Bonchev–Trinajstić information content (AvgIpc) is 2.92. The lowest BCUT2D eigenvalue weighted by Gasteiger charge is -2.58. The molecule has 1 aromatic heterocycles. The van der Waals surface area contributed by atoms with E-state index < -0.39 is 53.3 Å². The van der Waals surface area contributed by atoms with Crippen LogP contribution in [0.1, 0.15) is 30.1 Å². The van der Waals surface area contributed by atoms with Gasteiger partial charge in [-0.15, -0.1) is 6.58 Å². The number of aliphatic hydroxyl groups excluding tert-OH is 1. The Morgan fingerprint density at radius 2 is 1.78 bits per heavy atom. The number of ether oxygens (including phenoxy) is 1. The minimum atomic E-state index is -2.18. The molecule has 0 aliphatic carbocycles. The number of aromatic nitrogens is 1. The molecule has 10 heteroatoms. The van der Waals surface area contributed by atoms with E-state index in [0.717, 1.165) is 0 Å². The number of piperidine rings is 3. The highest BCUT2D eigenvalue weighted by Crippen LogP contribution is 2.48. The summed E-state index contributed by atoms with van der Waals surface area (Å²) < 4.78 is 76.7. The van der Waals surface area contributed by atoms with E-state index in [1.807, 2.05) is 0 Å². The maximum atomic E-state index is 14.8. The summed E-state index contributed by atoms with van der Waals surface area (Å²) in [7, 11) is 1.53. The number of aliphatic hydroxyl groups is 1. The number of nitrogens with zero attached hydrogens (tertiary/aromatic N) is 2. The zero-order chi connectivity index (χ0) is 25.8. The number of methoxy groups -OCH3 is 1. The number of fused-ring (bicyclic) bond motifs is 4. The Bertz CT molecular complexity index is 1330. The van der Waals surface area contributed by atoms with Gasteiger partial charge in [0, 0.05) is 30.3 Å². The van der Waals surface area contributed by atoms with Crippen LogP contribution in [0.15, 0.2) is 43.1 Å². The fourth-order valence-corrected chi connectivity index (χ4v) is 6.22. The minimum Gasteiger partial charge on any atom is -1.00 e. The zero-order valence-electron chi connectivity index (χ0n) is 20.0. The number of quaternary nitrogens is 1. The van der Waals surface area contributed by atoms with Gasteiger partial charge >= 0.3 is 0 Å². The number of rotatable bonds is 6. The topological polar surface area (TPSA) is 42.4 Å². The van der Waals surface area contributed by atoms with E-state index in [1.165, 1.54) is 7.11 Å². The van der Waals surface area contributed by atoms with Gasteiger partial charge in [-0.25, -0.2) is 22.0 Å². The Balaban J connectivity index is 0.00000320. The van der Waals surface area contributed by atoms with Crippen molar-refractivity contribution in [1.82, 2.24) is 4.98 Å². The van der Waals surface area contributed by atoms with E-state index in [4.69, 9.17) is 4.74 Å². The minimum absolute atomic E-state index is 0. The SMILES string of the molecule is C=C[C@H]1C[N+]2(Cc3c(F)c(F)c(F)c(F)c3F)CC[C@H]1C[C@H]2[C@H](O)c1ccnc2ccc(OC)cc12.[Cl-]. The first-order chi connectivity index (χ1) is 17.2. The molecule has 3 saturated heterocycles. The molecule has 1 N–H and O–H groups in total. The average molecular weight is 541 g/mol. The van der Waals surface area contributed by atoms with Gasteiger partial charge in [-0.1, -0.05) is 6.08 Å². The van der Waals surface area contributed by atoms with E-state index in [9.17, 15) is 27.1 Å². The van der Waals surface area contributed by atoms with Crippen molar-refractivity contribution in [2.75, 3.05) is 20.2 Å². The summed E-state index contributed by atoms with van der Waals surface area (Å²) in [6.07, 6.45) is 3.49.